The Balaban J connectivity index is 2.97. The van der Waals surface area contributed by atoms with Gasteiger partial charge in [0, 0.05) is 6.07 Å². The Bertz CT molecular complexity index is 316. The van der Waals surface area contributed by atoms with Crippen LogP contribution in [0.4, 0.5) is 8.78 Å². The Morgan fingerprint density at radius 2 is 2.08 bits per heavy atom. The van der Waals surface area contributed by atoms with Gasteiger partial charge in [-0.05, 0) is 24.4 Å². The first kappa shape index (κ1) is 8.86. The van der Waals surface area contributed by atoms with Crippen LogP contribution in [0.25, 0.3) is 0 Å². The second-order valence-corrected chi connectivity index (χ2v) is 2.40. The molecule has 2 nitrogen and oxygen atoms in total. The molecule has 0 radical (unpaired) electrons. The molecule has 0 saturated heterocycles. The molecule has 0 bridgehead atoms. The third kappa shape index (κ3) is 2.13. The highest BCUT2D eigenvalue weighted by Gasteiger charge is 2.05. The van der Waals surface area contributed by atoms with E-state index in [4.69, 9.17) is 5.73 Å². The number of nitrogens with two attached hydrogens (primary N) is 1. The summed E-state index contributed by atoms with van der Waals surface area (Å²) in [7, 11) is 0. The number of thiocarbonyl (C=S) groups is 1. The van der Waals surface area contributed by atoms with Gasteiger partial charge in [0.2, 0.25) is 0 Å². The van der Waals surface area contributed by atoms with Crippen molar-refractivity contribution in [3.05, 3.63) is 29.8 Å². The van der Waals surface area contributed by atoms with Crippen LogP contribution in [-0.4, -0.2) is 5.17 Å². The van der Waals surface area contributed by atoms with Crippen molar-refractivity contribution in [3.8, 4) is 5.75 Å². The summed E-state index contributed by atoms with van der Waals surface area (Å²) in [6, 6.07) is 2.78. The highest BCUT2D eigenvalue weighted by atomic mass is 32.1. The van der Waals surface area contributed by atoms with Gasteiger partial charge in [-0.25, -0.2) is 8.78 Å². The summed E-state index contributed by atoms with van der Waals surface area (Å²) in [6.45, 7) is 0. The van der Waals surface area contributed by atoms with Gasteiger partial charge in [-0.2, -0.15) is 0 Å². The smallest absolute Gasteiger partial charge is 0.259 e. The zero-order valence-corrected chi connectivity index (χ0v) is 6.70. The summed E-state index contributed by atoms with van der Waals surface area (Å²) in [4.78, 5) is 0. The Hall–Kier alpha value is -1.23. The van der Waals surface area contributed by atoms with Crippen LogP contribution in [0.5, 0.6) is 5.75 Å². The van der Waals surface area contributed by atoms with Crippen LogP contribution < -0.4 is 10.5 Å². The molecule has 1 rings (SSSR count). The summed E-state index contributed by atoms with van der Waals surface area (Å²) in [5.41, 5.74) is 4.96. The van der Waals surface area contributed by atoms with Gasteiger partial charge in [-0.15, -0.1) is 0 Å². The molecule has 0 atom stereocenters. The van der Waals surface area contributed by atoms with Crippen molar-refractivity contribution in [3.63, 3.8) is 0 Å². The molecule has 0 heterocycles. The molecule has 0 amide bonds. The number of benzene rings is 1. The van der Waals surface area contributed by atoms with Gasteiger partial charge < -0.3 is 10.5 Å². The quantitative estimate of drug-likeness (QED) is 0.681. The van der Waals surface area contributed by atoms with E-state index in [1.54, 1.807) is 0 Å². The molecule has 0 aliphatic heterocycles. The summed E-state index contributed by atoms with van der Waals surface area (Å²) in [5.74, 6) is -1.62. The van der Waals surface area contributed by atoms with E-state index in [-0.39, 0.29) is 10.9 Å². The lowest BCUT2D eigenvalue weighted by Gasteiger charge is -2.02. The van der Waals surface area contributed by atoms with E-state index in [0.29, 0.717) is 0 Å². The van der Waals surface area contributed by atoms with Gasteiger partial charge in [-0.3, -0.25) is 0 Å². The van der Waals surface area contributed by atoms with Crippen molar-refractivity contribution in [1.82, 2.24) is 0 Å². The van der Waals surface area contributed by atoms with Crippen molar-refractivity contribution in [2.45, 2.75) is 0 Å². The fourth-order valence-corrected chi connectivity index (χ4v) is 0.754. The van der Waals surface area contributed by atoms with Crippen molar-refractivity contribution >= 4 is 17.4 Å². The molecule has 5 heteroatoms. The zero-order valence-electron chi connectivity index (χ0n) is 5.88. The van der Waals surface area contributed by atoms with E-state index in [2.05, 4.69) is 17.0 Å². The van der Waals surface area contributed by atoms with Crippen molar-refractivity contribution < 1.29 is 13.5 Å². The van der Waals surface area contributed by atoms with E-state index >= 15 is 0 Å². The Morgan fingerprint density at radius 1 is 1.42 bits per heavy atom. The number of rotatable bonds is 1. The molecule has 1 aromatic rings. The monoisotopic (exact) mass is 189 g/mol. The fraction of sp³-hybridized carbons (Fsp3) is 0. The molecular weight excluding hydrogens is 184 g/mol. The molecule has 0 spiro atoms. The minimum absolute atomic E-state index is 0.303. The molecule has 0 saturated carbocycles. The first-order chi connectivity index (χ1) is 5.59. The first-order valence-electron chi connectivity index (χ1n) is 3.02. The Kier molecular flexibility index (Phi) is 2.54. The number of hydrogen-bond donors (Lipinski definition) is 1. The number of halogens is 2. The number of ether oxygens (including phenoxy) is 1. The molecule has 0 aromatic heterocycles. The highest BCUT2D eigenvalue weighted by molar-refractivity contribution is 7.80. The molecule has 0 aliphatic carbocycles. The summed E-state index contributed by atoms with van der Waals surface area (Å²) < 4.78 is 29.7. The SMILES string of the molecule is NC(=S)Oc1cc(F)ccc1F. The lowest BCUT2D eigenvalue weighted by atomic mass is 10.3. The maximum atomic E-state index is 12.7. The standard InChI is InChI=1S/C7H5F2NOS/c8-4-1-2-5(9)6(3-4)11-7(10)12/h1-3H,(H2,10,12). The predicted molar refractivity (Wildman–Crippen MR) is 43.8 cm³/mol. The third-order valence-electron chi connectivity index (χ3n) is 1.10. The lowest BCUT2D eigenvalue weighted by molar-refractivity contribution is 0.486. The van der Waals surface area contributed by atoms with Gasteiger partial charge >= 0.3 is 0 Å². The summed E-state index contributed by atoms with van der Waals surface area (Å²) >= 11 is 4.35. The lowest BCUT2D eigenvalue weighted by Crippen LogP contribution is -2.16. The normalized spacial score (nSPS) is 9.50. The topological polar surface area (TPSA) is 35.2 Å². The van der Waals surface area contributed by atoms with Crippen LogP contribution in [-0.2, 0) is 0 Å². The summed E-state index contributed by atoms with van der Waals surface area (Å²) in [6.07, 6.45) is 0. The van der Waals surface area contributed by atoms with E-state index in [1.807, 2.05) is 0 Å². The van der Waals surface area contributed by atoms with Crippen LogP contribution in [0.1, 0.15) is 0 Å². The van der Waals surface area contributed by atoms with E-state index in [9.17, 15) is 8.78 Å². The fourth-order valence-electron chi connectivity index (χ4n) is 0.664. The molecule has 0 aliphatic rings. The largest absolute Gasteiger partial charge is 0.429 e. The molecular formula is C7H5F2NOS. The maximum absolute atomic E-state index is 12.7. The predicted octanol–water partition coefficient (Wildman–Crippen LogP) is 1.59. The van der Waals surface area contributed by atoms with Gasteiger partial charge in [0.1, 0.15) is 5.82 Å². The molecule has 12 heavy (non-hydrogen) atoms. The van der Waals surface area contributed by atoms with Gasteiger partial charge in [-0.1, -0.05) is 0 Å². The van der Waals surface area contributed by atoms with E-state index in [0.717, 1.165) is 18.2 Å². The van der Waals surface area contributed by atoms with Gasteiger partial charge in [0.25, 0.3) is 5.17 Å². The number of hydrogen-bond acceptors (Lipinski definition) is 2. The second kappa shape index (κ2) is 3.44. The van der Waals surface area contributed by atoms with Crippen LogP contribution in [0.15, 0.2) is 18.2 Å². The van der Waals surface area contributed by atoms with E-state index in [1.165, 1.54) is 0 Å². The van der Waals surface area contributed by atoms with Crippen LogP contribution in [0.3, 0.4) is 0 Å². The van der Waals surface area contributed by atoms with Crippen LogP contribution in [0, 0.1) is 11.6 Å². The maximum Gasteiger partial charge on any atom is 0.259 e. The van der Waals surface area contributed by atoms with Gasteiger partial charge in [0.15, 0.2) is 11.6 Å². The third-order valence-corrected chi connectivity index (χ3v) is 1.19. The first-order valence-corrected chi connectivity index (χ1v) is 3.43. The second-order valence-electron chi connectivity index (χ2n) is 2.00. The molecule has 64 valence electrons. The molecule has 0 unspecified atom stereocenters. The summed E-state index contributed by atoms with van der Waals surface area (Å²) in [5, 5.41) is -0.348. The highest BCUT2D eigenvalue weighted by Crippen LogP contribution is 2.17. The minimum Gasteiger partial charge on any atom is -0.429 e. The van der Waals surface area contributed by atoms with E-state index < -0.39 is 11.6 Å². The minimum atomic E-state index is -0.704. The average Bonchev–Trinajstić information content (AvgIpc) is 1.96. The van der Waals surface area contributed by atoms with Crippen molar-refractivity contribution in [2.24, 2.45) is 5.73 Å². The van der Waals surface area contributed by atoms with Crippen LogP contribution in [0.2, 0.25) is 0 Å². The Labute approximate surface area is 72.9 Å². The van der Waals surface area contributed by atoms with Gasteiger partial charge in [0.05, 0.1) is 0 Å². The Morgan fingerprint density at radius 3 is 2.67 bits per heavy atom. The van der Waals surface area contributed by atoms with Crippen LogP contribution >= 0.6 is 12.2 Å². The molecule has 2 N–H and O–H groups in total. The average molecular weight is 189 g/mol. The van der Waals surface area contributed by atoms with Crippen molar-refractivity contribution in [2.75, 3.05) is 0 Å². The molecule has 1 aromatic carbocycles. The van der Waals surface area contributed by atoms with Crippen molar-refractivity contribution in [1.29, 1.82) is 0 Å². The molecule has 0 fully saturated rings. The zero-order chi connectivity index (χ0) is 9.14.